The molecule has 1 spiro atoms. The highest BCUT2D eigenvalue weighted by molar-refractivity contribution is 8.14. The number of hydrogen-bond acceptors (Lipinski definition) is 5. The molecule has 0 radical (unpaired) electrons. The lowest BCUT2D eigenvalue weighted by molar-refractivity contribution is -0.174. The summed E-state index contributed by atoms with van der Waals surface area (Å²) in [5.74, 6) is 2.54. The highest BCUT2D eigenvalue weighted by Crippen LogP contribution is 2.79. The minimum atomic E-state index is -0.273. The number of ketones is 1. The van der Waals surface area contributed by atoms with Crippen molar-refractivity contribution < 1.29 is 19.1 Å². The first kappa shape index (κ1) is 19.3. The van der Waals surface area contributed by atoms with Gasteiger partial charge in [0.05, 0.1) is 0 Å². The Balaban J connectivity index is 1.45. The van der Waals surface area contributed by atoms with Crippen LogP contribution in [0.2, 0.25) is 0 Å². The molecule has 1 heterocycles. The first-order valence-electron chi connectivity index (χ1n) is 11.5. The van der Waals surface area contributed by atoms with Crippen LogP contribution in [0.3, 0.4) is 0 Å². The van der Waals surface area contributed by atoms with Gasteiger partial charge in [0.1, 0.15) is 5.60 Å². The van der Waals surface area contributed by atoms with E-state index in [0.29, 0.717) is 36.0 Å². The second kappa shape index (κ2) is 5.90. The quantitative estimate of drug-likeness (QED) is 0.579. The monoisotopic (exact) mass is 426 g/mol. The summed E-state index contributed by atoms with van der Waals surface area (Å²) in [5, 5.41) is 0.379. The number of ether oxygens (including phenoxy) is 1. The molecule has 5 aliphatic carbocycles. The SMILES string of the molecule is CC(=O)S[C@@H]1CC2=CC(=O)C=C[C@]2(C)[C@H]2CC[C@@]3(C)[C@@H]([C@@H]4C[C@@H]4[C@]34CCC(=O)O4)[C@H]12. The fourth-order valence-electron chi connectivity index (χ4n) is 8.82. The molecular weight excluding hydrogens is 396 g/mol. The number of carbonyl (C=O) groups is 3. The number of carbonyl (C=O) groups excluding carboxylic acids is 3. The molecule has 0 aromatic carbocycles. The van der Waals surface area contributed by atoms with E-state index >= 15 is 0 Å². The lowest BCUT2D eigenvalue weighted by Gasteiger charge is -2.61. The predicted octanol–water partition coefficient (Wildman–Crippen LogP) is 4.48. The van der Waals surface area contributed by atoms with Crippen molar-refractivity contribution in [2.75, 3.05) is 0 Å². The van der Waals surface area contributed by atoms with Crippen LogP contribution in [0.15, 0.2) is 23.8 Å². The van der Waals surface area contributed by atoms with Crippen molar-refractivity contribution in [1.82, 2.24) is 0 Å². The maximum absolute atomic E-state index is 12.2. The van der Waals surface area contributed by atoms with Crippen molar-refractivity contribution in [2.45, 2.75) is 70.1 Å². The molecule has 0 bridgehead atoms. The van der Waals surface area contributed by atoms with Crippen molar-refractivity contribution in [3.8, 4) is 0 Å². The van der Waals surface area contributed by atoms with Gasteiger partial charge >= 0.3 is 5.97 Å². The van der Waals surface area contributed by atoms with Crippen molar-refractivity contribution in [1.29, 1.82) is 0 Å². The molecule has 1 saturated heterocycles. The Morgan fingerprint density at radius 1 is 1.20 bits per heavy atom. The number of allylic oxidation sites excluding steroid dienone is 4. The van der Waals surface area contributed by atoms with Crippen LogP contribution in [0.4, 0.5) is 0 Å². The molecule has 0 unspecified atom stereocenters. The number of esters is 1. The van der Waals surface area contributed by atoms with Gasteiger partial charge in [-0.3, -0.25) is 14.4 Å². The lowest BCUT2D eigenvalue weighted by atomic mass is 9.46. The van der Waals surface area contributed by atoms with Gasteiger partial charge in [-0.1, -0.05) is 37.3 Å². The van der Waals surface area contributed by atoms with Crippen molar-refractivity contribution in [2.24, 2.45) is 40.4 Å². The maximum atomic E-state index is 12.2. The molecule has 0 amide bonds. The van der Waals surface area contributed by atoms with Gasteiger partial charge in [0.25, 0.3) is 0 Å². The summed E-state index contributed by atoms with van der Waals surface area (Å²) < 4.78 is 6.20. The molecule has 5 heteroatoms. The number of thioether (sulfide) groups is 1. The molecule has 4 nitrogen and oxygen atoms in total. The maximum Gasteiger partial charge on any atom is 0.306 e. The second-order valence-corrected chi connectivity index (χ2v) is 12.5. The average Bonchev–Trinajstić information content (AvgIpc) is 3.31. The third kappa shape index (κ3) is 2.23. The van der Waals surface area contributed by atoms with E-state index in [9.17, 15) is 14.4 Å². The van der Waals surface area contributed by atoms with Crippen LogP contribution in [0.5, 0.6) is 0 Å². The summed E-state index contributed by atoms with van der Waals surface area (Å²) in [5.41, 5.74) is 0.853. The van der Waals surface area contributed by atoms with E-state index in [4.69, 9.17) is 4.74 Å². The minimum Gasteiger partial charge on any atom is -0.458 e. The third-order valence-corrected chi connectivity index (χ3v) is 11.1. The van der Waals surface area contributed by atoms with Crippen molar-refractivity contribution in [3.05, 3.63) is 23.8 Å². The van der Waals surface area contributed by atoms with Crippen LogP contribution in [0, 0.1) is 40.4 Å². The fraction of sp³-hybridized carbons (Fsp3) is 0.720. The van der Waals surface area contributed by atoms with E-state index in [2.05, 4.69) is 19.9 Å². The van der Waals surface area contributed by atoms with Crippen LogP contribution in [0.25, 0.3) is 0 Å². The van der Waals surface area contributed by atoms with E-state index in [1.807, 2.05) is 6.08 Å². The summed E-state index contributed by atoms with van der Waals surface area (Å²) in [6.45, 7) is 6.37. The molecule has 1 aliphatic heterocycles. The smallest absolute Gasteiger partial charge is 0.306 e. The molecule has 30 heavy (non-hydrogen) atoms. The van der Waals surface area contributed by atoms with Gasteiger partial charge in [-0.25, -0.2) is 0 Å². The lowest BCUT2D eigenvalue weighted by Crippen LogP contribution is -2.59. The van der Waals surface area contributed by atoms with E-state index in [0.717, 1.165) is 25.7 Å². The van der Waals surface area contributed by atoms with Gasteiger partial charge in [-0.15, -0.1) is 0 Å². The molecule has 0 N–H and O–H groups in total. The predicted molar refractivity (Wildman–Crippen MR) is 114 cm³/mol. The Morgan fingerprint density at radius 2 is 2.00 bits per heavy atom. The van der Waals surface area contributed by atoms with Crippen LogP contribution in [-0.2, 0) is 19.1 Å². The van der Waals surface area contributed by atoms with Gasteiger partial charge in [0.2, 0.25) is 0 Å². The van der Waals surface area contributed by atoms with Crippen LogP contribution < -0.4 is 0 Å². The molecule has 5 fully saturated rings. The average molecular weight is 427 g/mol. The molecule has 160 valence electrons. The van der Waals surface area contributed by atoms with E-state index < -0.39 is 0 Å². The van der Waals surface area contributed by atoms with Crippen molar-refractivity contribution in [3.63, 3.8) is 0 Å². The van der Waals surface area contributed by atoms with E-state index in [1.165, 1.54) is 23.8 Å². The summed E-state index contributed by atoms with van der Waals surface area (Å²) >= 11 is 1.49. The summed E-state index contributed by atoms with van der Waals surface area (Å²) in [6, 6.07) is 0. The molecule has 9 atom stereocenters. The number of hydrogen-bond donors (Lipinski definition) is 0. The normalized spacial score (nSPS) is 52.8. The Bertz CT molecular complexity index is 935. The van der Waals surface area contributed by atoms with Gasteiger partial charge in [0.15, 0.2) is 10.9 Å². The number of fused-ring (bicyclic) bond motifs is 9. The Kier molecular flexibility index (Phi) is 3.81. The number of rotatable bonds is 1. The van der Waals surface area contributed by atoms with E-state index in [-0.39, 0.29) is 38.5 Å². The molecule has 6 aliphatic rings. The molecule has 4 saturated carbocycles. The summed E-state index contributed by atoms with van der Waals surface area (Å²) in [7, 11) is 0. The molecule has 6 rings (SSSR count). The molecule has 0 aromatic rings. The minimum absolute atomic E-state index is 0.00921. The van der Waals surface area contributed by atoms with Gasteiger partial charge in [-0.2, -0.15) is 0 Å². The van der Waals surface area contributed by atoms with Gasteiger partial charge in [0, 0.05) is 35.3 Å². The summed E-state index contributed by atoms with van der Waals surface area (Å²) in [4.78, 5) is 36.6. The topological polar surface area (TPSA) is 60.4 Å². The van der Waals surface area contributed by atoms with E-state index in [1.54, 1.807) is 13.0 Å². The zero-order valence-electron chi connectivity index (χ0n) is 18.0. The highest BCUT2D eigenvalue weighted by atomic mass is 32.2. The van der Waals surface area contributed by atoms with Crippen LogP contribution in [0.1, 0.15) is 59.3 Å². The Labute approximate surface area is 182 Å². The largest absolute Gasteiger partial charge is 0.458 e. The third-order valence-electron chi connectivity index (χ3n) is 9.99. The van der Waals surface area contributed by atoms with Crippen LogP contribution in [-0.4, -0.2) is 27.7 Å². The first-order valence-corrected chi connectivity index (χ1v) is 12.4. The Hall–Kier alpha value is -1.36. The zero-order valence-corrected chi connectivity index (χ0v) is 18.8. The van der Waals surface area contributed by atoms with Gasteiger partial charge < -0.3 is 4.74 Å². The fourth-order valence-corrected chi connectivity index (χ4v) is 10.0. The van der Waals surface area contributed by atoms with Gasteiger partial charge in [-0.05, 0) is 67.9 Å². The molecule has 0 aromatic heterocycles. The van der Waals surface area contributed by atoms with Crippen LogP contribution >= 0.6 is 11.8 Å². The standard InChI is InChI=1S/C25H30O4S/c1-13(26)30-19-11-14-10-15(27)4-7-23(14,2)17-5-8-24(3)22(21(17)19)16-12-18(16)25(24)9-6-20(28)29-25/h4,7,10,16-19,21-22H,5-6,8-9,11-12H2,1-3H3/t16-,17+,18+,19-,21+,22+,23+,24+,25-/m1/s1. The zero-order chi connectivity index (χ0) is 21.1. The van der Waals surface area contributed by atoms with Crippen molar-refractivity contribution >= 4 is 28.6 Å². The first-order chi connectivity index (χ1) is 14.2. The Morgan fingerprint density at radius 3 is 2.70 bits per heavy atom. The molecular formula is C25H30O4S. The summed E-state index contributed by atoms with van der Waals surface area (Å²) in [6.07, 6.45) is 11.3. The second-order valence-electron chi connectivity index (χ2n) is 11.1. The highest BCUT2D eigenvalue weighted by Gasteiger charge is 2.79.